The van der Waals surface area contributed by atoms with Gasteiger partial charge in [0, 0.05) is 24.2 Å². The number of carbonyl (C=O) groups is 1. The summed E-state index contributed by atoms with van der Waals surface area (Å²) < 4.78 is 7.12. The lowest BCUT2D eigenvalue weighted by Gasteiger charge is -2.12. The third kappa shape index (κ3) is 3.55. The summed E-state index contributed by atoms with van der Waals surface area (Å²) in [6.45, 7) is 3.91. The molecule has 5 nitrogen and oxygen atoms in total. The molecule has 0 bridgehead atoms. The highest BCUT2D eigenvalue weighted by atomic mass is 16.5. The molecule has 128 valence electrons. The number of fused-ring (bicyclic) bond motifs is 1. The van der Waals surface area contributed by atoms with Gasteiger partial charge in [0.25, 0.3) is 11.5 Å². The summed E-state index contributed by atoms with van der Waals surface area (Å²) >= 11 is 0. The molecular formula is C20H20N2O3. The molecule has 3 aromatic rings. The molecule has 0 saturated carbocycles. The number of carbonyl (C=O) groups excluding carboxylic acids is 1. The molecule has 0 saturated heterocycles. The van der Waals surface area contributed by atoms with E-state index in [2.05, 4.69) is 5.32 Å². The molecule has 0 unspecified atom stereocenters. The first-order valence-corrected chi connectivity index (χ1v) is 8.12. The first kappa shape index (κ1) is 16.8. The predicted octanol–water partition coefficient (Wildman–Crippen LogP) is 3.58. The molecule has 2 aromatic carbocycles. The fraction of sp³-hybridized carbons (Fsp3) is 0.200. The number of anilines is 1. The smallest absolute Gasteiger partial charge is 0.256 e. The maximum atomic E-state index is 12.7. The van der Waals surface area contributed by atoms with Crippen molar-refractivity contribution < 1.29 is 9.53 Å². The number of aryl methyl sites for hydroxylation is 1. The topological polar surface area (TPSA) is 60.3 Å². The Morgan fingerprint density at radius 1 is 1.08 bits per heavy atom. The number of hydrogen-bond donors (Lipinski definition) is 1. The van der Waals surface area contributed by atoms with Crippen LogP contribution in [0.5, 0.6) is 5.75 Å². The number of nitrogens with one attached hydrogen (secondary N) is 1. The van der Waals surface area contributed by atoms with Crippen molar-refractivity contribution in [2.45, 2.75) is 20.0 Å². The van der Waals surface area contributed by atoms with E-state index in [1.54, 1.807) is 31.3 Å². The fourth-order valence-electron chi connectivity index (χ4n) is 2.69. The quantitative estimate of drug-likeness (QED) is 0.792. The van der Waals surface area contributed by atoms with Gasteiger partial charge in [-0.3, -0.25) is 9.59 Å². The minimum Gasteiger partial charge on any atom is -0.491 e. The molecule has 0 spiro atoms. The van der Waals surface area contributed by atoms with Crippen LogP contribution in [0.4, 0.5) is 5.69 Å². The van der Waals surface area contributed by atoms with E-state index in [1.807, 2.05) is 38.1 Å². The van der Waals surface area contributed by atoms with Crippen LogP contribution in [-0.2, 0) is 7.05 Å². The van der Waals surface area contributed by atoms with Crippen LogP contribution in [-0.4, -0.2) is 16.6 Å². The molecule has 25 heavy (non-hydrogen) atoms. The van der Waals surface area contributed by atoms with Crippen molar-refractivity contribution in [2.24, 2.45) is 7.05 Å². The van der Waals surface area contributed by atoms with E-state index in [4.69, 9.17) is 4.74 Å². The third-order valence-electron chi connectivity index (χ3n) is 3.88. The van der Waals surface area contributed by atoms with Gasteiger partial charge in [-0.1, -0.05) is 18.2 Å². The molecule has 0 atom stereocenters. The van der Waals surface area contributed by atoms with E-state index in [-0.39, 0.29) is 17.6 Å². The van der Waals surface area contributed by atoms with E-state index >= 15 is 0 Å². The Hall–Kier alpha value is -3.08. The Labute approximate surface area is 145 Å². The van der Waals surface area contributed by atoms with Crippen LogP contribution in [0.2, 0.25) is 0 Å². The summed E-state index contributed by atoms with van der Waals surface area (Å²) in [5.74, 6) is 0.429. The molecule has 0 aliphatic rings. The fourth-order valence-corrected chi connectivity index (χ4v) is 2.69. The van der Waals surface area contributed by atoms with Gasteiger partial charge in [0.05, 0.1) is 17.2 Å². The standard InChI is InChI=1S/C20H20N2O3/c1-13(2)25-15-10-8-14(9-11-15)21-20(24)17-12-19(23)22(3)18-7-5-4-6-16(17)18/h4-13H,1-3H3,(H,21,24). The predicted molar refractivity (Wildman–Crippen MR) is 99.3 cm³/mol. The van der Waals surface area contributed by atoms with E-state index in [9.17, 15) is 9.59 Å². The van der Waals surface area contributed by atoms with Gasteiger partial charge in [0.2, 0.25) is 0 Å². The minimum atomic E-state index is -0.313. The molecule has 5 heteroatoms. The number of rotatable bonds is 4. The zero-order chi connectivity index (χ0) is 18.0. The number of para-hydroxylation sites is 1. The Balaban J connectivity index is 1.90. The number of aromatic nitrogens is 1. The molecular weight excluding hydrogens is 316 g/mol. The number of amides is 1. The molecule has 1 heterocycles. The van der Waals surface area contributed by atoms with Gasteiger partial charge < -0.3 is 14.6 Å². The molecule has 1 aromatic heterocycles. The lowest BCUT2D eigenvalue weighted by atomic mass is 10.1. The van der Waals surface area contributed by atoms with Crippen LogP contribution in [0.3, 0.4) is 0 Å². The lowest BCUT2D eigenvalue weighted by Crippen LogP contribution is -2.21. The summed E-state index contributed by atoms with van der Waals surface area (Å²) in [7, 11) is 1.69. The average Bonchev–Trinajstić information content (AvgIpc) is 2.59. The SMILES string of the molecule is CC(C)Oc1ccc(NC(=O)c2cc(=O)n(C)c3ccccc23)cc1. The van der Waals surface area contributed by atoms with E-state index < -0.39 is 0 Å². The van der Waals surface area contributed by atoms with Crippen molar-refractivity contribution >= 4 is 22.5 Å². The molecule has 0 radical (unpaired) electrons. The van der Waals surface area contributed by atoms with E-state index in [0.29, 0.717) is 11.3 Å². The number of nitrogens with zero attached hydrogens (tertiary/aromatic N) is 1. The molecule has 1 amide bonds. The van der Waals surface area contributed by atoms with Crippen molar-refractivity contribution in [1.29, 1.82) is 0 Å². The first-order chi connectivity index (χ1) is 12.0. The van der Waals surface area contributed by atoms with Crippen LogP contribution < -0.4 is 15.6 Å². The molecule has 3 rings (SSSR count). The monoisotopic (exact) mass is 336 g/mol. The zero-order valence-electron chi connectivity index (χ0n) is 14.4. The number of hydrogen-bond acceptors (Lipinski definition) is 3. The van der Waals surface area contributed by atoms with Gasteiger partial charge in [-0.25, -0.2) is 0 Å². The van der Waals surface area contributed by atoms with Crippen LogP contribution in [0.1, 0.15) is 24.2 Å². The van der Waals surface area contributed by atoms with Gasteiger partial charge in [0.1, 0.15) is 5.75 Å². The number of ether oxygens (including phenoxy) is 1. The normalized spacial score (nSPS) is 10.9. The second kappa shape index (κ2) is 6.81. The van der Waals surface area contributed by atoms with Crippen LogP contribution in [0.15, 0.2) is 59.4 Å². The summed E-state index contributed by atoms with van der Waals surface area (Å²) in [6.07, 6.45) is 0.0901. The van der Waals surface area contributed by atoms with E-state index in [1.165, 1.54) is 10.6 Å². The third-order valence-corrected chi connectivity index (χ3v) is 3.88. The van der Waals surface area contributed by atoms with Crippen molar-refractivity contribution in [3.05, 3.63) is 70.5 Å². The Morgan fingerprint density at radius 3 is 2.44 bits per heavy atom. The maximum absolute atomic E-state index is 12.7. The molecule has 0 fully saturated rings. The van der Waals surface area contributed by atoms with Gasteiger partial charge in [0.15, 0.2) is 0 Å². The summed E-state index contributed by atoms with van der Waals surface area (Å²) in [5, 5.41) is 3.57. The number of pyridine rings is 1. The Bertz CT molecular complexity index is 972. The second-order valence-electron chi connectivity index (χ2n) is 6.12. The average molecular weight is 336 g/mol. The summed E-state index contributed by atoms with van der Waals surface area (Å²) in [5.41, 5.74) is 1.51. The van der Waals surface area contributed by atoms with Crippen molar-refractivity contribution in [1.82, 2.24) is 4.57 Å². The first-order valence-electron chi connectivity index (χ1n) is 8.12. The van der Waals surface area contributed by atoms with Gasteiger partial charge in [-0.15, -0.1) is 0 Å². The highest BCUT2D eigenvalue weighted by Crippen LogP contribution is 2.20. The highest BCUT2D eigenvalue weighted by Gasteiger charge is 2.13. The summed E-state index contributed by atoms with van der Waals surface area (Å²) in [4.78, 5) is 24.8. The molecule has 0 aliphatic carbocycles. The number of benzene rings is 2. The van der Waals surface area contributed by atoms with Crippen molar-refractivity contribution in [3.63, 3.8) is 0 Å². The summed E-state index contributed by atoms with van der Waals surface area (Å²) in [6, 6.07) is 15.9. The Morgan fingerprint density at radius 2 is 1.76 bits per heavy atom. The van der Waals surface area contributed by atoms with Crippen LogP contribution in [0, 0.1) is 0 Å². The van der Waals surface area contributed by atoms with Gasteiger partial charge in [-0.05, 0) is 44.2 Å². The minimum absolute atomic E-state index is 0.0901. The van der Waals surface area contributed by atoms with Crippen molar-refractivity contribution in [2.75, 3.05) is 5.32 Å². The van der Waals surface area contributed by atoms with Gasteiger partial charge in [-0.2, -0.15) is 0 Å². The highest BCUT2D eigenvalue weighted by molar-refractivity contribution is 6.12. The maximum Gasteiger partial charge on any atom is 0.256 e. The zero-order valence-corrected chi connectivity index (χ0v) is 14.4. The van der Waals surface area contributed by atoms with Gasteiger partial charge >= 0.3 is 0 Å². The molecule has 1 N–H and O–H groups in total. The van der Waals surface area contributed by atoms with Crippen LogP contribution in [0.25, 0.3) is 10.9 Å². The lowest BCUT2D eigenvalue weighted by molar-refractivity contribution is 0.102. The van der Waals surface area contributed by atoms with Crippen LogP contribution >= 0.6 is 0 Å². The van der Waals surface area contributed by atoms with E-state index in [0.717, 1.165) is 16.7 Å². The Kier molecular flexibility index (Phi) is 4.57. The largest absolute Gasteiger partial charge is 0.491 e. The van der Waals surface area contributed by atoms with Crippen molar-refractivity contribution in [3.8, 4) is 5.75 Å². The molecule has 0 aliphatic heterocycles. The second-order valence-corrected chi connectivity index (χ2v) is 6.12.